The number of hydrogen-bond donors (Lipinski definition) is 0. The van der Waals surface area contributed by atoms with Crippen LogP contribution in [0.5, 0.6) is 0 Å². The fourth-order valence-corrected chi connectivity index (χ4v) is 4.00. The topological polar surface area (TPSA) is 34.1 Å². The second-order valence-corrected chi connectivity index (χ2v) is 6.45. The molecule has 0 saturated heterocycles. The van der Waals surface area contributed by atoms with Gasteiger partial charge in [0, 0.05) is 16.7 Å². The molecule has 16 heavy (non-hydrogen) atoms. The molecule has 0 radical (unpaired) electrons. The van der Waals surface area contributed by atoms with Gasteiger partial charge in [0.1, 0.15) is 10.7 Å². The number of fused-ring (bicyclic) bond motifs is 1. The van der Waals surface area contributed by atoms with Crippen LogP contribution in [0.4, 0.5) is 4.39 Å². The third kappa shape index (κ3) is 1.89. The maximum Gasteiger partial charge on any atom is 0.203 e. The third-order valence-corrected chi connectivity index (χ3v) is 4.86. The number of halogens is 1. The normalized spacial score (nSPS) is 17.0. The molecular weight excluding hydrogens is 247 g/mol. The van der Waals surface area contributed by atoms with Crippen molar-refractivity contribution in [2.45, 2.75) is 11.8 Å². The van der Waals surface area contributed by atoms with Crippen LogP contribution in [0.2, 0.25) is 0 Å². The van der Waals surface area contributed by atoms with Crippen molar-refractivity contribution in [3.63, 3.8) is 0 Å². The van der Waals surface area contributed by atoms with Gasteiger partial charge in [0.25, 0.3) is 0 Å². The van der Waals surface area contributed by atoms with Crippen molar-refractivity contribution >= 4 is 27.2 Å². The Labute approximate surface area is 98.5 Å². The summed E-state index contributed by atoms with van der Waals surface area (Å²) in [7, 11) is -3.57. The van der Waals surface area contributed by atoms with Gasteiger partial charge in [0.05, 0.1) is 0 Å². The molecule has 2 nitrogen and oxygen atoms in total. The van der Waals surface area contributed by atoms with E-state index in [0.717, 1.165) is 5.75 Å². The first-order valence-corrected chi connectivity index (χ1v) is 7.58. The van der Waals surface area contributed by atoms with E-state index in [4.69, 9.17) is 0 Å². The highest BCUT2D eigenvalue weighted by molar-refractivity contribution is 8.00. The number of hydrogen-bond acceptors (Lipinski definition) is 3. The summed E-state index contributed by atoms with van der Waals surface area (Å²) >= 11 is 1.62. The number of sulfone groups is 1. The van der Waals surface area contributed by atoms with Crippen LogP contribution in [0.3, 0.4) is 0 Å². The van der Waals surface area contributed by atoms with Gasteiger partial charge in [-0.15, -0.1) is 0 Å². The molecule has 86 valence electrons. The lowest BCUT2D eigenvalue weighted by molar-refractivity contribution is 0.573. The molecule has 1 aliphatic heterocycles. The molecule has 0 bridgehead atoms. The van der Waals surface area contributed by atoms with Crippen LogP contribution in [0, 0.1) is 5.82 Å². The molecule has 0 spiro atoms. The Morgan fingerprint density at radius 3 is 2.81 bits per heavy atom. The summed E-state index contributed by atoms with van der Waals surface area (Å²) in [6, 6.07) is 4.38. The van der Waals surface area contributed by atoms with Gasteiger partial charge in [-0.05, 0) is 17.4 Å². The molecule has 1 aliphatic rings. The Hall–Kier alpha value is -0.810. The van der Waals surface area contributed by atoms with Gasteiger partial charge in [-0.3, -0.25) is 0 Å². The lowest BCUT2D eigenvalue weighted by atomic mass is 10.1. The Morgan fingerprint density at radius 2 is 2.12 bits per heavy atom. The molecule has 0 unspecified atom stereocenters. The average Bonchev–Trinajstić information content (AvgIpc) is 2.49. The first-order chi connectivity index (χ1) is 7.56. The van der Waals surface area contributed by atoms with Crippen LogP contribution >= 0.6 is 11.8 Å². The molecule has 0 N–H and O–H groups in total. The maximum atomic E-state index is 13.5. The van der Waals surface area contributed by atoms with Crippen molar-refractivity contribution < 1.29 is 12.8 Å². The zero-order valence-electron chi connectivity index (χ0n) is 8.73. The van der Waals surface area contributed by atoms with Gasteiger partial charge < -0.3 is 0 Å². The fraction of sp³-hybridized carbons (Fsp3) is 0.273. The summed E-state index contributed by atoms with van der Waals surface area (Å²) in [5.41, 5.74) is 1.21. The summed E-state index contributed by atoms with van der Waals surface area (Å²) in [6.45, 7) is 2.00. The molecule has 1 aromatic rings. The van der Waals surface area contributed by atoms with E-state index in [9.17, 15) is 12.8 Å². The van der Waals surface area contributed by atoms with Gasteiger partial charge >= 0.3 is 0 Å². The zero-order valence-corrected chi connectivity index (χ0v) is 10.4. The van der Waals surface area contributed by atoms with Gasteiger partial charge in [-0.25, -0.2) is 12.8 Å². The number of benzene rings is 1. The predicted molar refractivity (Wildman–Crippen MR) is 64.6 cm³/mol. The minimum absolute atomic E-state index is 0.165. The summed E-state index contributed by atoms with van der Waals surface area (Å²) < 4.78 is 36.9. The van der Waals surface area contributed by atoms with E-state index in [1.54, 1.807) is 23.9 Å². The molecule has 0 amide bonds. The number of rotatable bonds is 3. The first kappa shape index (κ1) is 11.7. The molecule has 5 heteroatoms. The zero-order chi connectivity index (χ0) is 11.8. The summed E-state index contributed by atoms with van der Waals surface area (Å²) in [5.74, 6) is 0.846. The van der Waals surface area contributed by atoms with Gasteiger partial charge in [0.15, 0.2) is 0 Å². The average molecular weight is 258 g/mol. The van der Waals surface area contributed by atoms with E-state index < -0.39 is 15.7 Å². The van der Waals surface area contributed by atoms with E-state index in [1.165, 1.54) is 11.5 Å². The largest absolute Gasteiger partial charge is 0.219 e. The highest BCUT2D eigenvalue weighted by Crippen LogP contribution is 2.36. The molecule has 0 atom stereocenters. The monoisotopic (exact) mass is 258 g/mol. The smallest absolute Gasteiger partial charge is 0.203 e. The van der Waals surface area contributed by atoms with E-state index in [-0.39, 0.29) is 4.90 Å². The van der Waals surface area contributed by atoms with E-state index in [0.29, 0.717) is 16.9 Å². The van der Waals surface area contributed by atoms with E-state index in [1.807, 2.05) is 6.92 Å². The van der Waals surface area contributed by atoms with Crippen molar-refractivity contribution in [3.8, 4) is 0 Å². The Bertz CT molecular complexity index is 547. The quantitative estimate of drug-likeness (QED) is 0.836. The predicted octanol–water partition coefficient (Wildman–Crippen LogP) is 2.71. The van der Waals surface area contributed by atoms with Crippen LogP contribution in [0.1, 0.15) is 12.5 Å². The van der Waals surface area contributed by atoms with Crippen molar-refractivity contribution in [2.24, 2.45) is 0 Å². The molecule has 1 aromatic carbocycles. The molecule has 0 saturated carbocycles. The van der Waals surface area contributed by atoms with Crippen LogP contribution in [-0.2, 0) is 9.84 Å². The lowest BCUT2D eigenvalue weighted by Gasteiger charge is -2.03. The SMILES string of the molecule is CCSCC1=CS(=O)(=O)c2c(F)cccc21. The highest BCUT2D eigenvalue weighted by Gasteiger charge is 2.29. The van der Waals surface area contributed by atoms with Gasteiger partial charge in [-0.2, -0.15) is 11.8 Å². The molecule has 0 aliphatic carbocycles. The fourth-order valence-electron chi connectivity index (χ4n) is 1.68. The number of thioether (sulfide) groups is 1. The highest BCUT2D eigenvalue weighted by atomic mass is 32.2. The first-order valence-electron chi connectivity index (χ1n) is 4.88. The summed E-state index contributed by atoms with van der Waals surface area (Å²) in [6.07, 6.45) is 0. The van der Waals surface area contributed by atoms with Crippen molar-refractivity contribution in [2.75, 3.05) is 11.5 Å². The maximum absolute atomic E-state index is 13.5. The molecule has 0 aromatic heterocycles. The molecule has 0 fully saturated rings. The Kier molecular flexibility index (Phi) is 3.08. The van der Waals surface area contributed by atoms with Crippen LogP contribution in [0.25, 0.3) is 5.57 Å². The van der Waals surface area contributed by atoms with Gasteiger partial charge in [0.2, 0.25) is 9.84 Å². The van der Waals surface area contributed by atoms with Crippen molar-refractivity contribution in [3.05, 3.63) is 35.0 Å². The summed E-state index contributed by atoms with van der Waals surface area (Å²) in [4.78, 5) is -0.165. The van der Waals surface area contributed by atoms with E-state index in [2.05, 4.69) is 0 Å². The van der Waals surface area contributed by atoms with Crippen LogP contribution in [-0.4, -0.2) is 19.9 Å². The lowest BCUT2D eigenvalue weighted by Crippen LogP contribution is -1.97. The Morgan fingerprint density at radius 1 is 1.38 bits per heavy atom. The molecule has 2 rings (SSSR count). The van der Waals surface area contributed by atoms with E-state index >= 15 is 0 Å². The molecular formula is C11H11FO2S2. The third-order valence-electron chi connectivity index (χ3n) is 2.36. The second kappa shape index (κ2) is 4.22. The van der Waals surface area contributed by atoms with Crippen LogP contribution in [0.15, 0.2) is 28.5 Å². The van der Waals surface area contributed by atoms with Gasteiger partial charge in [-0.1, -0.05) is 19.1 Å². The summed E-state index contributed by atoms with van der Waals surface area (Å²) in [5, 5.41) is 1.18. The molecule has 1 heterocycles. The minimum Gasteiger partial charge on any atom is -0.219 e. The van der Waals surface area contributed by atoms with Crippen molar-refractivity contribution in [1.29, 1.82) is 0 Å². The van der Waals surface area contributed by atoms with Crippen molar-refractivity contribution in [1.82, 2.24) is 0 Å². The standard InChI is InChI=1S/C11H11FO2S2/c1-2-15-6-8-7-16(13,14)11-9(8)4-3-5-10(11)12/h3-5,7H,2,6H2,1H3. The second-order valence-electron chi connectivity index (χ2n) is 3.44. The minimum atomic E-state index is -3.57. The van der Waals surface area contributed by atoms with Crippen LogP contribution < -0.4 is 0 Å². The Balaban J connectivity index is 2.52.